The number of carbonyl (C=O) groups excluding carboxylic acids is 4. The second-order valence-electron chi connectivity index (χ2n) is 5.60. The summed E-state index contributed by atoms with van der Waals surface area (Å²) in [5.41, 5.74) is 0. The van der Waals surface area contributed by atoms with Gasteiger partial charge in [-0.2, -0.15) is 0 Å². The minimum absolute atomic E-state index is 0. The van der Waals surface area contributed by atoms with E-state index in [0.29, 0.717) is 51.4 Å². The molecule has 0 aliphatic carbocycles. The molecule has 4 aliphatic heterocycles. The molecule has 0 fully saturated rings. The van der Waals surface area contributed by atoms with E-state index in [1.807, 2.05) is 0 Å². The van der Waals surface area contributed by atoms with Gasteiger partial charge in [-0.05, 0) is 49.3 Å². The van der Waals surface area contributed by atoms with Crippen molar-refractivity contribution in [2.24, 2.45) is 20.0 Å². The quantitative estimate of drug-likeness (QED) is 0.235. The summed E-state index contributed by atoms with van der Waals surface area (Å²) in [6.07, 6.45) is 2.55. The first-order chi connectivity index (χ1) is 13.2. The molecule has 0 aromatic carbocycles. The van der Waals surface area contributed by atoms with Gasteiger partial charge >= 0.3 is 73.8 Å². The van der Waals surface area contributed by atoms with Crippen LogP contribution >= 0.6 is 0 Å². The molecule has 0 N–H and O–H groups in total. The summed E-state index contributed by atoms with van der Waals surface area (Å²) in [4.78, 5) is 52.7. The molecule has 0 aromatic rings. The monoisotopic (exact) mass is 628 g/mol. The molecule has 0 unspecified atom stereocenters. The summed E-state index contributed by atoms with van der Waals surface area (Å²) in [6.45, 7) is 0. The Morgan fingerprint density at radius 2 is 0.600 bits per heavy atom. The van der Waals surface area contributed by atoms with Crippen LogP contribution in [-0.4, -0.2) is 47.2 Å². The smallest absolute Gasteiger partial charge is 0.862 e. The van der Waals surface area contributed by atoms with Crippen LogP contribution in [-0.2, 0) is 41.6 Å². The average molecular weight is 628 g/mol. The second-order valence-corrected chi connectivity index (χ2v) is 5.60. The zero-order valence-corrected chi connectivity index (χ0v) is 21.3. The first kappa shape index (κ1) is 31.1. The molecule has 14 heteroatoms. The molecule has 0 radical (unpaired) electrons. The van der Waals surface area contributed by atoms with Crippen molar-refractivity contribution >= 4 is 47.2 Å². The number of nitrogens with zero attached hydrogens (tertiary/aromatic N) is 4. The molecule has 30 heavy (non-hydrogen) atoms. The van der Waals surface area contributed by atoms with Gasteiger partial charge in [-0.1, -0.05) is 0 Å². The maximum atomic E-state index is 10.1. The third-order valence-electron chi connectivity index (χ3n) is 3.21. The number of aliphatic imine (C=N–C) groups is 4. The van der Waals surface area contributed by atoms with Gasteiger partial charge < -0.3 is 20.4 Å². The van der Waals surface area contributed by atoms with Gasteiger partial charge in [0.2, 0.25) is 23.6 Å². The van der Waals surface area contributed by atoms with Crippen molar-refractivity contribution in [3.8, 4) is 0 Å². The van der Waals surface area contributed by atoms with Gasteiger partial charge in [-0.3, -0.25) is 19.2 Å². The average Bonchev–Trinajstić information content (AvgIpc) is 3.37. The van der Waals surface area contributed by atoms with Crippen LogP contribution in [0.4, 0.5) is 0 Å². The van der Waals surface area contributed by atoms with Crippen molar-refractivity contribution in [3.05, 3.63) is 0 Å². The Kier molecular flexibility index (Phi) is 17.2. The van der Waals surface area contributed by atoms with Gasteiger partial charge in [-0.25, -0.2) is 20.0 Å². The van der Waals surface area contributed by atoms with E-state index in [1.54, 1.807) is 0 Å². The van der Waals surface area contributed by atoms with Crippen molar-refractivity contribution in [1.82, 2.24) is 0 Å². The van der Waals surface area contributed by atoms with Crippen LogP contribution in [0.1, 0.15) is 51.4 Å². The molecule has 0 bridgehead atoms. The number of hydrogen-bond acceptors (Lipinski definition) is 8. The molecular formula is C16H16AuKN4O8. The van der Waals surface area contributed by atoms with Gasteiger partial charge in [0, 0.05) is 25.7 Å². The summed E-state index contributed by atoms with van der Waals surface area (Å²) < 4.78 is 0. The van der Waals surface area contributed by atoms with E-state index in [4.69, 9.17) is 0 Å². The van der Waals surface area contributed by atoms with Crippen LogP contribution in [0.15, 0.2) is 20.0 Å². The van der Waals surface area contributed by atoms with Gasteiger partial charge in [0.25, 0.3) is 0 Å². The van der Waals surface area contributed by atoms with E-state index in [2.05, 4.69) is 20.0 Å². The summed E-state index contributed by atoms with van der Waals surface area (Å²) in [5, 5.41) is 40.3. The predicted molar refractivity (Wildman–Crippen MR) is 86.7 cm³/mol. The SMILES string of the molecule is O=C1CCC([O-])=N1.O=C1CCC([O-])=N1.O=C1CCC([O-])=N1.O=C1CCC([O-])=N1.[Au+3].[K+]. The molecule has 0 aromatic heterocycles. The number of rotatable bonds is 0. The van der Waals surface area contributed by atoms with Crippen molar-refractivity contribution in [2.75, 3.05) is 0 Å². The molecule has 12 nitrogen and oxygen atoms in total. The second kappa shape index (κ2) is 16.6. The molecule has 4 heterocycles. The van der Waals surface area contributed by atoms with Gasteiger partial charge in [0.05, 0.1) is 0 Å². The molecule has 0 spiro atoms. The van der Waals surface area contributed by atoms with E-state index >= 15 is 0 Å². The third-order valence-corrected chi connectivity index (χ3v) is 3.21. The standard InChI is InChI=1S/4C4H5NO2.Au.K/c4*6-3-1-2-4(7)5-3;;/h4*1-2H2,(H,5,6,7);;/q;;;;+3;+1/p-4. The van der Waals surface area contributed by atoms with Crippen LogP contribution in [0.2, 0.25) is 0 Å². The predicted octanol–water partition coefficient (Wildman–Crippen LogP) is -6.74. The minimum Gasteiger partial charge on any atom is -0.862 e. The summed E-state index contributed by atoms with van der Waals surface area (Å²) in [7, 11) is 0. The molecule has 4 aliphatic rings. The maximum Gasteiger partial charge on any atom is 3.00 e. The molecule has 160 valence electrons. The fourth-order valence-electron chi connectivity index (χ4n) is 1.86. The van der Waals surface area contributed by atoms with Crippen molar-refractivity contribution < 1.29 is 113 Å². The number of hydrogen-bond donors (Lipinski definition) is 0. The molecule has 0 saturated heterocycles. The van der Waals surface area contributed by atoms with Crippen LogP contribution in [0, 0.1) is 0 Å². The van der Waals surface area contributed by atoms with Crippen LogP contribution < -0.4 is 71.8 Å². The van der Waals surface area contributed by atoms with Gasteiger partial charge in [0.1, 0.15) is 0 Å². The molecule has 0 saturated carbocycles. The topological polar surface area (TPSA) is 210 Å². The van der Waals surface area contributed by atoms with E-state index in [1.165, 1.54) is 0 Å². The zero-order valence-electron chi connectivity index (χ0n) is 16.0. The summed E-state index contributed by atoms with van der Waals surface area (Å²) in [6, 6.07) is 0. The van der Waals surface area contributed by atoms with Gasteiger partial charge in [0.15, 0.2) is 0 Å². The van der Waals surface area contributed by atoms with E-state index in [-0.39, 0.29) is 121 Å². The zero-order chi connectivity index (χ0) is 21.1. The molecule has 4 amide bonds. The Bertz CT molecular complexity index is 651. The fraction of sp³-hybridized carbons (Fsp3) is 0.500. The fourth-order valence-corrected chi connectivity index (χ4v) is 1.86. The number of carbonyl (C=O) groups is 4. The first-order valence-electron chi connectivity index (χ1n) is 8.25. The first-order valence-corrected chi connectivity index (χ1v) is 8.25. The Labute approximate surface area is 229 Å². The number of amides is 4. The largest absolute Gasteiger partial charge is 3.00 e. The Hall–Kier alpha value is -1.06. The summed E-state index contributed by atoms with van der Waals surface area (Å²) >= 11 is 0. The normalized spacial score (nSPS) is 18.7. The Morgan fingerprint density at radius 3 is 0.633 bits per heavy atom. The molecular weight excluding hydrogens is 612 g/mol. The van der Waals surface area contributed by atoms with E-state index in [0.717, 1.165) is 0 Å². The Balaban J connectivity index is 0. The Morgan fingerprint density at radius 1 is 0.433 bits per heavy atom. The maximum absolute atomic E-state index is 10.1. The van der Waals surface area contributed by atoms with Crippen molar-refractivity contribution in [3.63, 3.8) is 0 Å². The van der Waals surface area contributed by atoms with Crippen molar-refractivity contribution in [2.45, 2.75) is 51.4 Å². The van der Waals surface area contributed by atoms with E-state index in [9.17, 15) is 39.6 Å². The minimum atomic E-state index is -0.273. The van der Waals surface area contributed by atoms with E-state index < -0.39 is 0 Å². The third kappa shape index (κ3) is 14.8. The van der Waals surface area contributed by atoms with Crippen molar-refractivity contribution in [1.29, 1.82) is 0 Å². The summed E-state index contributed by atoms with van der Waals surface area (Å²) in [5.74, 6) is -2.19. The molecule has 0 atom stereocenters. The van der Waals surface area contributed by atoms with Crippen LogP contribution in [0.5, 0.6) is 0 Å². The molecule has 4 rings (SSSR count). The van der Waals surface area contributed by atoms with Gasteiger partial charge in [-0.15, -0.1) is 0 Å². The van der Waals surface area contributed by atoms with Crippen LogP contribution in [0.25, 0.3) is 0 Å². The van der Waals surface area contributed by atoms with Crippen LogP contribution in [0.3, 0.4) is 0 Å².